The molecule has 6 nitrogen and oxygen atoms in total. The molecule has 3 heterocycles. The smallest absolute Gasteiger partial charge is 0.252 e. The van der Waals surface area contributed by atoms with Crippen molar-refractivity contribution in [1.29, 1.82) is 0 Å². The van der Waals surface area contributed by atoms with E-state index in [-0.39, 0.29) is 12.0 Å². The summed E-state index contributed by atoms with van der Waals surface area (Å²) in [6.45, 7) is 0.714. The second-order valence-corrected chi connectivity index (χ2v) is 6.76. The maximum absolute atomic E-state index is 13.0. The molecule has 0 saturated heterocycles. The predicted molar refractivity (Wildman–Crippen MR) is 108 cm³/mol. The first-order valence-electron chi connectivity index (χ1n) is 9.38. The van der Waals surface area contributed by atoms with E-state index in [4.69, 9.17) is 13.9 Å². The molecule has 1 amide bonds. The van der Waals surface area contributed by atoms with Gasteiger partial charge in [0.2, 0.25) is 0 Å². The van der Waals surface area contributed by atoms with E-state index in [1.165, 1.54) is 0 Å². The van der Waals surface area contributed by atoms with Crippen molar-refractivity contribution in [2.24, 2.45) is 0 Å². The van der Waals surface area contributed by atoms with Gasteiger partial charge in [-0.2, -0.15) is 0 Å². The van der Waals surface area contributed by atoms with Gasteiger partial charge < -0.3 is 19.2 Å². The van der Waals surface area contributed by atoms with E-state index in [9.17, 15) is 4.79 Å². The summed E-state index contributed by atoms with van der Waals surface area (Å²) in [6, 6.07) is 20.4. The van der Waals surface area contributed by atoms with E-state index in [1.54, 1.807) is 18.4 Å². The number of ether oxygens (including phenoxy) is 2. The predicted octanol–water partition coefficient (Wildman–Crippen LogP) is 4.06. The quantitative estimate of drug-likeness (QED) is 0.572. The van der Waals surface area contributed by atoms with E-state index in [0.717, 1.165) is 16.7 Å². The number of carbonyl (C=O) groups is 1. The SMILES string of the molecule is O=C(NC[C@H]1COc2ccccc2O1)c1cc(-c2ccco2)nc2ccccc12. The summed E-state index contributed by atoms with van der Waals surface area (Å²) in [5.41, 5.74) is 1.89. The average Bonchev–Trinajstić information content (AvgIpc) is 3.31. The molecule has 0 unspecified atom stereocenters. The van der Waals surface area contributed by atoms with Crippen molar-refractivity contribution < 1.29 is 18.7 Å². The monoisotopic (exact) mass is 386 g/mol. The zero-order chi connectivity index (χ0) is 19.6. The van der Waals surface area contributed by atoms with Crippen molar-refractivity contribution in [2.45, 2.75) is 6.10 Å². The van der Waals surface area contributed by atoms with Gasteiger partial charge in [-0.25, -0.2) is 4.98 Å². The number of benzene rings is 2. The van der Waals surface area contributed by atoms with Crippen LogP contribution in [0.5, 0.6) is 11.5 Å². The second-order valence-electron chi connectivity index (χ2n) is 6.76. The highest BCUT2D eigenvalue weighted by atomic mass is 16.6. The summed E-state index contributed by atoms with van der Waals surface area (Å²) in [5, 5.41) is 3.75. The van der Waals surface area contributed by atoms with Crippen LogP contribution in [-0.4, -0.2) is 30.1 Å². The number of nitrogens with one attached hydrogen (secondary N) is 1. The lowest BCUT2D eigenvalue weighted by Gasteiger charge is -2.26. The molecule has 0 saturated carbocycles. The van der Waals surface area contributed by atoms with E-state index in [1.807, 2.05) is 54.6 Å². The molecule has 2 aromatic heterocycles. The highest BCUT2D eigenvalue weighted by Gasteiger charge is 2.22. The van der Waals surface area contributed by atoms with Gasteiger partial charge in [0.25, 0.3) is 5.91 Å². The molecule has 0 aliphatic carbocycles. The van der Waals surface area contributed by atoms with Gasteiger partial charge in [0, 0.05) is 5.39 Å². The number of nitrogens with zero attached hydrogens (tertiary/aromatic N) is 1. The molecule has 0 fully saturated rings. The maximum Gasteiger partial charge on any atom is 0.252 e. The Hall–Kier alpha value is -3.80. The van der Waals surface area contributed by atoms with Crippen molar-refractivity contribution in [1.82, 2.24) is 10.3 Å². The third kappa shape index (κ3) is 3.40. The van der Waals surface area contributed by atoms with Gasteiger partial charge in [0.15, 0.2) is 17.3 Å². The lowest BCUT2D eigenvalue weighted by molar-refractivity contribution is 0.0790. The lowest BCUT2D eigenvalue weighted by atomic mass is 10.1. The number of furan rings is 1. The van der Waals surface area contributed by atoms with Crippen LogP contribution in [0.25, 0.3) is 22.4 Å². The van der Waals surface area contributed by atoms with Crippen LogP contribution in [0.3, 0.4) is 0 Å². The molecule has 4 aromatic rings. The molecule has 1 aliphatic rings. The van der Waals surface area contributed by atoms with Gasteiger partial charge in [-0.1, -0.05) is 30.3 Å². The Labute approximate surface area is 167 Å². The Morgan fingerprint density at radius 3 is 2.72 bits per heavy atom. The molecule has 6 heteroatoms. The topological polar surface area (TPSA) is 73.6 Å². The van der Waals surface area contributed by atoms with Gasteiger partial charge in [-0.15, -0.1) is 0 Å². The number of aromatic nitrogens is 1. The van der Waals surface area contributed by atoms with Crippen LogP contribution in [0.2, 0.25) is 0 Å². The molecule has 1 atom stereocenters. The molecule has 5 rings (SSSR count). The van der Waals surface area contributed by atoms with Crippen molar-refractivity contribution in [2.75, 3.05) is 13.2 Å². The number of amides is 1. The molecular formula is C23H18N2O4. The zero-order valence-corrected chi connectivity index (χ0v) is 15.5. The Kier molecular flexibility index (Phi) is 4.37. The third-order valence-corrected chi connectivity index (χ3v) is 4.79. The number of hydrogen-bond donors (Lipinski definition) is 1. The molecule has 1 N–H and O–H groups in total. The first kappa shape index (κ1) is 17.3. The molecule has 29 heavy (non-hydrogen) atoms. The van der Waals surface area contributed by atoms with Crippen molar-refractivity contribution in [3.05, 3.63) is 78.6 Å². The minimum absolute atomic E-state index is 0.195. The molecule has 2 aromatic carbocycles. The minimum atomic E-state index is -0.258. The molecule has 0 spiro atoms. The van der Waals surface area contributed by atoms with Crippen LogP contribution in [0.1, 0.15) is 10.4 Å². The second kappa shape index (κ2) is 7.31. The van der Waals surface area contributed by atoms with Crippen LogP contribution in [0.15, 0.2) is 77.4 Å². The summed E-state index contributed by atoms with van der Waals surface area (Å²) < 4.78 is 17.1. The van der Waals surface area contributed by atoms with Crippen LogP contribution < -0.4 is 14.8 Å². The molecular weight excluding hydrogens is 368 g/mol. The van der Waals surface area contributed by atoms with Gasteiger partial charge >= 0.3 is 0 Å². The van der Waals surface area contributed by atoms with E-state index >= 15 is 0 Å². The van der Waals surface area contributed by atoms with Crippen molar-refractivity contribution >= 4 is 16.8 Å². The largest absolute Gasteiger partial charge is 0.486 e. The van der Waals surface area contributed by atoms with Crippen LogP contribution in [-0.2, 0) is 0 Å². The number of hydrogen-bond acceptors (Lipinski definition) is 5. The van der Waals surface area contributed by atoms with Crippen LogP contribution >= 0.6 is 0 Å². The number of para-hydroxylation sites is 3. The fraction of sp³-hybridized carbons (Fsp3) is 0.130. The number of carbonyl (C=O) groups excluding carboxylic acids is 1. The Morgan fingerprint density at radius 2 is 1.86 bits per heavy atom. The van der Waals surface area contributed by atoms with Gasteiger partial charge in [-0.05, 0) is 36.4 Å². The minimum Gasteiger partial charge on any atom is -0.486 e. The molecule has 0 radical (unpaired) electrons. The summed E-state index contributed by atoms with van der Waals surface area (Å²) in [7, 11) is 0. The van der Waals surface area contributed by atoms with Gasteiger partial charge in [0.05, 0.1) is 23.9 Å². The third-order valence-electron chi connectivity index (χ3n) is 4.79. The van der Waals surface area contributed by atoms with E-state index in [2.05, 4.69) is 10.3 Å². The maximum atomic E-state index is 13.0. The molecule has 0 bridgehead atoms. The average molecular weight is 386 g/mol. The molecule has 1 aliphatic heterocycles. The standard InChI is InChI=1S/C23H18N2O4/c26-23(24-13-15-14-28-21-8-3-4-9-22(21)29-15)17-12-19(20-10-5-11-27-20)25-18-7-2-1-6-16(17)18/h1-12,15H,13-14H2,(H,24,26)/t15-/m0/s1. The van der Waals surface area contributed by atoms with E-state index < -0.39 is 0 Å². The summed E-state index contributed by atoms with van der Waals surface area (Å²) in [6.07, 6.45) is 1.33. The Bertz CT molecular complexity index is 1170. The highest BCUT2D eigenvalue weighted by molar-refractivity contribution is 6.07. The normalized spacial score (nSPS) is 15.2. The number of rotatable bonds is 4. The van der Waals surface area contributed by atoms with Gasteiger partial charge in [0.1, 0.15) is 18.4 Å². The first-order valence-corrected chi connectivity index (χ1v) is 9.38. The van der Waals surface area contributed by atoms with Crippen LogP contribution in [0.4, 0.5) is 0 Å². The number of fused-ring (bicyclic) bond motifs is 2. The summed E-state index contributed by atoms with van der Waals surface area (Å²) in [4.78, 5) is 17.6. The zero-order valence-electron chi connectivity index (χ0n) is 15.5. The van der Waals surface area contributed by atoms with Crippen molar-refractivity contribution in [3.63, 3.8) is 0 Å². The Balaban J connectivity index is 1.38. The molecule has 144 valence electrons. The fourth-order valence-electron chi connectivity index (χ4n) is 3.38. The highest BCUT2D eigenvalue weighted by Crippen LogP contribution is 2.31. The van der Waals surface area contributed by atoms with Gasteiger partial charge in [-0.3, -0.25) is 4.79 Å². The Morgan fingerprint density at radius 1 is 1.03 bits per heavy atom. The van der Waals surface area contributed by atoms with E-state index in [0.29, 0.717) is 35.9 Å². The summed E-state index contributed by atoms with van der Waals surface area (Å²) in [5.74, 6) is 1.83. The van der Waals surface area contributed by atoms with Crippen LogP contribution in [0, 0.1) is 0 Å². The van der Waals surface area contributed by atoms with Crippen molar-refractivity contribution in [3.8, 4) is 23.0 Å². The first-order chi connectivity index (χ1) is 14.3. The summed E-state index contributed by atoms with van der Waals surface area (Å²) >= 11 is 0. The lowest BCUT2D eigenvalue weighted by Crippen LogP contribution is -2.40. The fourth-order valence-corrected chi connectivity index (χ4v) is 3.38. The number of pyridine rings is 1.